The van der Waals surface area contributed by atoms with E-state index in [2.05, 4.69) is 11.0 Å². The molecule has 1 N–H and O–H groups in total. The van der Waals surface area contributed by atoms with E-state index in [1.165, 1.54) is 16.4 Å². The summed E-state index contributed by atoms with van der Waals surface area (Å²) in [6, 6.07) is 20.2. The number of benzene rings is 3. The second kappa shape index (κ2) is 10.4. The summed E-state index contributed by atoms with van der Waals surface area (Å²) in [7, 11) is -4.39. The quantitative estimate of drug-likeness (QED) is 0.474. The lowest BCUT2D eigenvalue weighted by Crippen LogP contribution is -2.67. The van der Waals surface area contributed by atoms with Crippen molar-refractivity contribution < 1.29 is 26.7 Å². The van der Waals surface area contributed by atoms with Crippen LogP contribution in [0.5, 0.6) is 0 Å². The summed E-state index contributed by atoms with van der Waals surface area (Å²) in [6.07, 6.45) is -3.55. The number of rotatable bonds is 5. The molecule has 2 unspecified atom stereocenters. The monoisotopic (exact) mass is 544 g/mol. The number of aliphatic hydroxyl groups excluding tert-OH is 1. The Morgan fingerprint density at radius 2 is 1.63 bits per heavy atom. The van der Waals surface area contributed by atoms with Gasteiger partial charge in [-0.15, -0.1) is 0 Å². The highest BCUT2D eigenvalue weighted by Crippen LogP contribution is 2.43. The van der Waals surface area contributed by atoms with Crippen molar-refractivity contribution in [2.75, 3.05) is 26.2 Å². The molecule has 202 valence electrons. The zero-order chi connectivity index (χ0) is 27.1. The van der Waals surface area contributed by atoms with Crippen LogP contribution in [0.3, 0.4) is 0 Å². The highest BCUT2D eigenvalue weighted by molar-refractivity contribution is 7.89. The summed E-state index contributed by atoms with van der Waals surface area (Å²) in [5.41, 5.74) is 3.14. The van der Waals surface area contributed by atoms with Crippen LogP contribution in [0, 0.1) is 6.92 Å². The van der Waals surface area contributed by atoms with E-state index >= 15 is 0 Å². The first kappa shape index (κ1) is 26.9. The van der Waals surface area contributed by atoms with Crippen molar-refractivity contribution in [1.82, 2.24) is 9.21 Å². The van der Waals surface area contributed by atoms with Crippen LogP contribution < -0.4 is 0 Å². The smallest absolute Gasteiger partial charge is 0.395 e. The average Bonchev–Trinajstić information content (AvgIpc) is 2.87. The molecule has 0 radical (unpaired) electrons. The molecule has 5 nitrogen and oxygen atoms in total. The molecule has 3 aromatic rings. The minimum Gasteiger partial charge on any atom is -0.395 e. The van der Waals surface area contributed by atoms with Gasteiger partial charge in [0.15, 0.2) is 0 Å². The van der Waals surface area contributed by atoms with Gasteiger partial charge in [0.2, 0.25) is 10.0 Å². The lowest BCUT2D eigenvalue weighted by Gasteiger charge is -2.57. The second-order valence-electron chi connectivity index (χ2n) is 10.1. The lowest BCUT2D eigenvalue weighted by molar-refractivity contribution is -0.139. The lowest BCUT2D eigenvalue weighted by atomic mass is 9.74. The minimum atomic E-state index is -4.78. The average molecular weight is 545 g/mol. The number of alkyl halides is 3. The van der Waals surface area contributed by atoms with Crippen LogP contribution >= 0.6 is 0 Å². The Labute approximate surface area is 221 Å². The molecule has 0 aliphatic carbocycles. The maximum absolute atomic E-state index is 13.7. The Hall–Kier alpha value is -2.72. The van der Waals surface area contributed by atoms with Gasteiger partial charge in [0.05, 0.1) is 17.1 Å². The maximum Gasteiger partial charge on any atom is 0.417 e. The fourth-order valence-corrected chi connectivity index (χ4v) is 7.62. The molecule has 0 amide bonds. The molecule has 0 bridgehead atoms. The zero-order valence-corrected chi connectivity index (χ0v) is 21.9. The van der Waals surface area contributed by atoms with Crippen LogP contribution in [0.4, 0.5) is 13.2 Å². The molecule has 0 spiro atoms. The molecule has 0 aromatic heterocycles. The number of hydrogen-bond donors (Lipinski definition) is 1. The van der Waals surface area contributed by atoms with Crippen molar-refractivity contribution in [3.63, 3.8) is 0 Å². The van der Waals surface area contributed by atoms with E-state index in [0.717, 1.165) is 34.4 Å². The number of aryl methyl sites for hydroxylation is 1. The zero-order valence-electron chi connectivity index (χ0n) is 21.1. The van der Waals surface area contributed by atoms with Crippen molar-refractivity contribution >= 4 is 10.0 Å². The Balaban J connectivity index is 1.45. The normalized spacial score (nSPS) is 23.2. The van der Waals surface area contributed by atoms with Gasteiger partial charge in [0.25, 0.3) is 0 Å². The highest BCUT2D eigenvalue weighted by atomic mass is 32.2. The van der Waals surface area contributed by atoms with Crippen LogP contribution in [0.15, 0.2) is 77.7 Å². The van der Waals surface area contributed by atoms with Gasteiger partial charge in [-0.25, -0.2) is 8.42 Å². The third-order valence-electron chi connectivity index (χ3n) is 7.79. The summed E-state index contributed by atoms with van der Waals surface area (Å²) in [5.74, 6) is -0.139. The van der Waals surface area contributed by atoms with Crippen molar-refractivity contribution in [3.8, 4) is 11.1 Å². The Bertz CT molecular complexity index is 1390. The Morgan fingerprint density at radius 1 is 0.921 bits per heavy atom. The standard InChI is InChI=1S/C29H31F3N2O3S/c1-20-7-6-8-23(17-20)21-11-13-22(14-12-21)28-25-18-33(15-4-5-16-34(25)26(28)19-35)38(36,37)27-10-3-2-9-24(27)29(30,31)32/h2-3,6-14,17,25-26,28,35H,4-5,15-16,18-19H2,1H3/t25-,26?,28?/m0/s1. The number of hydrogen-bond acceptors (Lipinski definition) is 4. The topological polar surface area (TPSA) is 60.9 Å². The van der Waals surface area contributed by atoms with Crippen LogP contribution in [0.1, 0.15) is 35.4 Å². The predicted octanol–water partition coefficient (Wildman–Crippen LogP) is 5.29. The number of fused-ring (bicyclic) bond motifs is 1. The third kappa shape index (κ3) is 5.00. The molecule has 0 saturated carbocycles. The first-order chi connectivity index (χ1) is 18.1. The largest absolute Gasteiger partial charge is 0.417 e. The van der Waals surface area contributed by atoms with Crippen molar-refractivity contribution in [3.05, 3.63) is 89.5 Å². The van der Waals surface area contributed by atoms with Gasteiger partial charge in [0.1, 0.15) is 0 Å². The first-order valence-electron chi connectivity index (χ1n) is 12.8. The number of sulfonamides is 1. The van der Waals surface area contributed by atoms with E-state index in [9.17, 15) is 26.7 Å². The molecule has 9 heteroatoms. The van der Waals surface area contributed by atoms with Crippen molar-refractivity contribution in [1.29, 1.82) is 0 Å². The molecule has 38 heavy (non-hydrogen) atoms. The molecule has 5 rings (SSSR count). The van der Waals surface area contributed by atoms with Crippen LogP contribution in [-0.4, -0.2) is 61.1 Å². The summed E-state index contributed by atoms with van der Waals surface area (Å²) in [6.45, 7) is 2.89. The van der Waals surface area contributed by atoms with Crippen molar-refractivity contribution in [2.24, 2.45) is 0 Å². The number of nitrogens with zero attached hydrogens (tertiary/aromatic N) is 2. The van der Waals surface area contributed by atoms with Gasteiger partial charge >= 0.3 is 6.18 Å². The molecule has 2 fully saturated rings. The number of halogens is 3. The van der Waals surface area contributed by atoms with Gasteiger partial charge in [0, 0.05) is 31.1 Å². The summed E-state index contributed by atoms with van der Waals surface area (Å²) >= 11 is 0. The highest BCUT2D eigenvalue weighted by Gasteiger charge is 2.50. The third-order valence-corrected chi connectivity index (χ3v) is 9.71. The van der Waals surface area contributed by atoms with Gasteiger partial charge < -0.3 is 5.11 Å². The van der Waals surface area contributed by atoms with Gasteiger partial charge in [-0.05, 0) is 55.1 Å². The fraction of sp³-hybridized carbons (Fsp3) is 0.379. The van der Waals surface area contributed by atoms with Crippen LogP contribution in [0.25, 0.3) is 11.1 Å². The first-order valence-corrected chi connectivity index (χ1v) is 14.3. The van der Waals surface area contributed by atoms with E-state index in [1.807, 2.05) is 49.4 Å². The van der Waals surface area contributed by atoms with E-state index in [-0.39, 0.29) is 37.7 Å². The molecule has 2 heterocycles. The molecular weight excluding hydrogens is 513 g/mol. The Kier molecular flexibility index (Phi) is 7.39. The van der Waals surface area contributed by atoms with Gasteiger partial charge in [-0.3, -0.25) is 4.90 Å². The minimum absolute atomic E-state index is 0.0648. The molecule has 2 aliphatic rings. The summed E-state index contributed by atoms with van der Waals surface area (Å²) in [5, 5.41) is 10.2. The summed E-state index contributed by atoms with van der Waals surface area (Å²) in [4.78, 5) is 1.40. The molecule has 3 atom stereocenters. The van der Waals surface area contributed by atoms with Crippen LogP contribution in [0.2, 0.25) is 0 Å². The maximum atomic E-state index is 13.7. The molecule has 3 aromatic carbocycles. The van der Waals surface area contributed by atoms with E-state index in [4.69, 9.17) is 0 Å². The van der Waals surface area contributed by atoms with Crippen molar-refractivity contribution in [2.45, 2.75) is 48.8 Å². The van der Waals surface area contributed by atoms with E-state index < -0.39 is 26.7 Å². The molecule has 2 saturated heterocycles. The molecule has 2 aliphatic heterocycles. The van der Waals surface area contributed by atoms with E-state index in [1.54, 1.807) is 0 Å². The molecular formula is C29H31F3N2O3S. The predicted molar refractivity (Wildman–Crippen MR) is 140 cm³/mol. The van der Waals surface area contributed by atoms with Crippen LogP contribution in [-0.2, 0) is 16.2 Å². The fourth-order valence-electron chi connectivity index (χ4n) is 5.91. The Morgan fingerprint density at radius 3 is 2.32 bits per heavy atom. The van der Waals surface area contributed by atoms with Gasteiger partial charge in [-0.2, -0.15) is 17.5 Å². The summed E-state index contributed by atoms with van der Waals surface area (Å²) < 4.78 is 69.4. The second-order valence-corrected chi connectivity index (χ2v) is 12.0. The SMILES string of the molecule is Cc1cccc(-c2ccc(C3C(CO)N4CCCCN(S(=O)(=O)c5ccccc5C(F)(F)F)C[C@@H]34)cc2)c1. The van der Waals surface area contributed by atoms with Gasteiger partial charge in [-0.1, -0.05) is 66.2 Å². The van der Waals surface area contributed by atoms with E-state index in [0.29, 0.717) is 19.4 Å². The number of aliphatic hydroxyl groups is 1.